The fraction of sp³-hybridized carbons (Fsp3) is 0.429. The molecule has 1 aliphatic rings. The zero-order chi connectivity index (χ0) is 8.97. The zero-order valence-electron chi connectivity index (χ0n) is 6.46. The Morgan fingerprint density at radius 2 is 2.50 bits per heavy atom. The van der Waals surface area contributed by atoms with Crippen molar-refractivity contribution in [2.75, 3.05) is 13.1 Å². The van der Waals surface area contributed by atoms with Gasteiger partial charge in [0.15, 0.2) is 0 Å². The quantitative estimate of drug-likeness (QED) is 0.495. The van der Waals surface area contributed by atoms with Crippen molar-refractivity contribution in [3.05, 3.63) is 0 Å². The first-order valence-corrected chi connectivity index (χ1v) is 3.56. The van der Waals surface area contributed by atoms with Gasteiger partial charge in [0.05, 0.1) is 0 Å². The molecular formula is C7H9N3O2. The number of hydrogen-bond donors (Lipinski definition) is 2. The van der Waals surface area contributed by atoms with E-state index in [1.807, 2.05) is 5.92 Å². The molecule has 2 N–H and O–H groups in total. The standard InChI is InChI=1S/C7H9N3O2/c1-2-6(11)9-10-5-3-4-8-7(10)12/h1H,3-5H2,(H,8,12)(H,9,11). The summed E-state index contributed by atoms with van der Waals surface area (Å²) in [6, 6.07) is -0.315. The average molecular weight is 167 g/mol. The molecule has 0 spiro atoms. The highest BCUT2D eigenvalue weighted by Crippen LogP contribution is 1.94. The average Bonchev–Trinajstić information content (AvgIpc) is 2.09. The van der Waals surface area contributed by atoms with Crippen LogP contribution >= 0.6 is 0 Å². The summed E-state index contributed by atoms with van der Waals surface area (Å²) in [5, 5.41) is 3.74. The smallest absolute Gasteiger partial charge is 0.336 e. The number of rotatable bonds is 1. The van der Waals surface area contributed by atoms with Gasteiger partial charge in [0.25, 0.3) is 0 Å². The summed E-state index contributed by atoms with van der Waals surface area (Å²) in [6.07, 6.45) is 5.62. The Hall–Kier alpha value is -1.70. The Labute approximate surface area is 70.1 Å². The van der Waals surface area contributed by atoms with E-state index < -0.39 is 5.91 Å². The largest absolute Gasteiger partial charge is 0.336 e. The first-order chi connectivity index (χ1) is 5.74. The van der Waals surface area contributed by atoms with Gasteiger partial charge in [-0.25, -0.2) is 9.80 Å². The van der Waals surface area contributed by atoms with Gasteiger partial charge in [-0.3, -0.25) is 10.2 Å². The van der Waals surface area contributed by atoms with E-state index >= 15 is 0 Å². The zero-order valence-corrected chi connectivity index (χ0v) is 6.46. The van der Waals surface area contributed by atoms with Crippen LogP contribution in [0, 0.1) is 12.3 Å². The molecule has 12 heavy (non-hydrogen) atoms. The second-order valence-electron chi connectivity index (χ2n) is 2.32. The Kier molecular flexibility index (Phi) is 2.53. The van der Waals surface area contributed by atoms with E-state index in [0.717, 1.165) is 6.42 Å². The van der Waals surface area contributed by atoms with E-state index in [2.05, 4.69) is 10.7 Å². The van der Waals surface area contributed by atoms with Crippen LogP contribution in [-0.4, -0.2) is 30.0 Å². The molecule has 1 rings (SSSR count). The van der Waals surface area contributed by atoms with E-state index in [9.17, 15) is 9.59 Å². The van der Waals surface area contributed by atoms with Gasteiger partial charge in [-0.2, -0.15) is 0 Å². The first-order valence-electron chi connectivity index (χ1n) is 3.56. The summed E-state index contributed by atoms with van der Waals surface area (Å²) in [4.78, 5) is 21.6. The van der Waals surface area contributed by atoms with Gasteiger partial charge >= 0.3 is 11.9 Å². The molecule has 1 saturated heterocycles. The van der Waals surface area contributed by atoms with E-state index in [-0.39, 0.29) is 6.03 Å². The van der Waals surface area contributed by atoms with Crippen molar-refractivity contribution in [3.63, 3.8) is 0 Å². The maximum absolute atomic E-state index is 11.0. The molecule has 0 aromatic carbocycles. The maximum atomic E-state index is 11.0. The monoisotopic (exact) mass is 167 g/mol. The Morgan fingerprint density at radius 1 is 1.75 bits per heavy atom. The predicted octanol–water partition coefficient (Wildman–Crippen LogP) is -0.934. The maximum Gasteiger partial charge on any atom is 0.336 e. The van der Waals surface area contributed by atoms with Crippen LogP contribution in [0.5, 0.6) is 0 Å². The highest BCUT2D eigenvalue weighted by atomic mass is 16.2. The lowest BCUT2D eigenvalue weighted by atomic mass is 10.3. The fourth-order valence-electron chi connectivity index (χ4n) is 0.891. The molecule has 1 heterocycles. The Bertz CT molecular complexity index is 244. The number of hydrogen-bond acceptors (Lipinski definition) is 2. The molecule has 0 aromatic rings. The number of urea groups is 1. The van der Waals surface area contributed by atoms with Gasteiger partial charge < -0.3 is 5.32 Å². The Balaban J connectivity index is 2.45. The number of hydrazine groups is 1. The molecule has 1 fully saturated rings. The van der Waals surface area contributed by atoms with E-state index in [4.69, 9.17) is 6.42 Å². The molecule has 0 aliphatic carbocycles. The summed E-state index contributed by atoms with van der Waals surface area (Å²) < 4.78 is 0. The second kappa shape index (κ2) is 3.62. The van der Waals surface area contributed by atoms with Crippen molar-refractivity contribution < 1.29 is 9.59 Å². The van der Waals surface area contributed by atoms with Crippen LogP contribution in [0.1, 0.15) is 6.42 Å². The van der Waals surface area contributed by atoms with E-state index in [0.29, 0.717) is 13.1 Å². The molecule has 0 radical (unpaired) electrons. The number of carbonyl (C=O) groups is 2. The third-order valence-electron chi connectivity index (χ3n) is 1.45. The number of carbonyl (C=O) groups excluding carboxylic acids is 2. The third kappa shape index (κ3) is 1.89. The van der Waals surface area contributed by atoms with Crippen molar-refractivity contribution in [1.82, 2.24) is 15.8 Å². The molecule has 0 unspecified atom stereocenters. The summed E-state index contributed by atoms with van der Waals surface area (Å²) in [7, 11) is 0. The van der Waals surface area contributed by atoms with Crippen molar-refractivity contribution in [1.29, 1.82) is 0 Å². The number of terminal acetylenes is 1. The van der Waals surface area contributed by atoms with Crippen molar-refractivity contribution >= 4 is 11.9 Å². The molecule has 0 atom stereocenters. The van der Waals surface area contributed by atoms with Crippen LogP contribution in [-0.2, 0) is 4.79 Å². The topological polar surface area (TPSA) is 61.4 Å². The van der Waals surface area contributed by atoms with Crippen LogP contribution in [0.2, 0.25) is 0 Å². The lowest BCUT2D eigenvalue weighted by Crippen LogP contribution is -2.54. The van der Waals surface area contributed by atoms with Gasteiger partial charge in [0, 0.05) is 13.1 Å². The molecule has 0 saturated carbocycles. The van der Waals surface area contributed by atoms with E-state index in [1.54, 1.807) is 0 Å². The number of amides is 3. The van der Waals surface area contributed by atoms with Crippen LogP contribution in [0.3, 0.4) is 0 Å². The summed E-state index contributed by atoms with van der Waals surface area (Å²) in [5.41, 5.74) is 2.26. The highest BCUT2D eigenvalue weighted by Gasteiger charge is 2.18. The molecule has 5 nitrogen and oxygen atoms in total. The van der Waals surface area contributed by atoms with Gasteiger partial charge in [-0.15, -0.1) is 6.42 Å². The summed E-state index contributed by atoms with van der Waals surface area (Å²) in [5.74, 6) is 1.26. The third-order valence-corrected chi connectivity index (χ3v) is 1.45. The molecular weight excluding hydrogens is 158 g/mol. The molecule has 5 heteroatoms. The van der Waals surface area contributed by atoms with Gasteiger partial charge in [0.1, 0.15) is 0 Å². The van der Waals surface area contributed by atoms with Crippen molar-refractivity contribution in [2.45, 2.75) is 6.42 Å². The number of nitrogens with one attached hydrogen (secondary N) is 2. The lowest BCUT2D eigenvalue weighted by molar-refractivity contribution is -0.119. The van der Waals surface area contributed by atoms with Crippen LogP contribution in [0.4, 0.5) is 4.79 Å². The Morgan fingerprint density at radius 3 is 3.08 bits per heavy atom. The van der Waals surface area contributed by atoms with Crippen molar-refractivity contribution in [3.8, 4) is 12.3 Å². The minimum Gasteiger partial charge on any atom is -0.336 e. The van der Waals surface area contributed by atoms with E-state index in [1.165, 1.54) is 5.01 Å². The van der Waals surface area contributed by atoms with Gasteiger partial charge in [-0.05, 0) is 12.3 Å². The predicted molar refractivity (Wildman–Crippen MR) is 41.7 cm³/mol. The molecule has 3 amide bonds. The second-order valence-corrected chi connectivity index (χ2v) is 2.32. The normalized spacial score (nSPS) is 16.2. The lowest BCUT2D eigenvalue weighted by Gasteiger charge is -2.26. The van der Waals surface area contributed by atoms with Gasteiger partial charge in [0.2, 0.25) is 0 Å². The van der Waals surface area contributed by atoms with Crippen LogP contribution in [0.15, 0.2) is 0 Å². The fourth-order valence-corrected chi connectivity index (χ4v) is 0.891. The highest BCUT2D eigenvalue weighted by molar-refractivity contribution is 5.94. The summed E-state index contributed by atoms with van der Waals surface area (Å²) >= 11 is 0. The van der Waals surface area contributed by atoms with Crippen LogP contribution in [0.25, 0.3) is 0 Å². The van der Waals surface area contributed by atoms with Gasteiger partial charge in [-0.1, -0.05) is 0 Å². The molecule has 1 aliphatic heterocycles. The molecule has 0 bridgehead atoms. The number of nitrogens with zero attached hydrogens (tertiary/aromatic N) is 1. The SMILES string of the molecule is C#CC(=O)NN1CCCNC1=O. The molecule has 0 aromatic heterocycles. The summed E-state index contributed by atoms with van der Waals surface area (Å²) in [6.45, 7) is 1.14. The minimum absolute atomic E-state index is 0.315. The molecule has 64 valence electrons. The van der Waals surface area contributed by atoms with Crippen molar-refractivity contribution in [2.24, 2.45) is 0 Å². The van der Waals surface area contributed by atoms with Crippen LogP contribution < -0.4 is 10.7 Å². The first kappa shape index (κ1) is 8.40. The minimum atomic E-state index is -0.605.